The standard InChI is InChI=1S/C22H23N3O/c1-3-8-17(4-2)26-20-14-16-10-6-5-9-15(16)13-18(20)21-24-19-11-7-12-23-22(19)25-21/h5-7,9-14,17H,3-4,8H2,1-2H3,(H,23,24,25). The third-order valence-electron chi connectivity index (χ3n) is 4.72. The molecule has 0 saturated heterocycles. The number of pyridine rings is 1. The fraction of sp³-hybridized carbons (Fsp3) is 0.273. The van der Waals surface area contributed by atoms with Gasteiger partial charge in [-0.25, -0.2) is 9.97 Å². The van der Waals surface area contributed by atoms with Crippen LogP contribution >= 0.6 is 0 Å². The van der Waals surface area contributed by atoms with Crippen molar-refractivity contribution in [2.75, 3.05) is 0 Å². The van der Waals surface area contributed by atoms with Crippen LogP contribution in [0, 0.1) is 0 Å². The van der Waals surface area contributed by atoms with Crippen LogP contribution in [-0.2, 0) is 0 Å². The number of rotatable bonds is 6. The van der Waals surface area contributed by atoms with Gasteiger partial charge in [-0.2, -0.15) is 0 Å². The first-order valence-electron chi connectivity index (χ1n) is 9.29. The minimum atomic E-state index is 0.211. The summed E-state index contributed by atoms with van der Waals surface area (Å²) in [5, 5.41) is 2.35. The van der Waals surface area contributed by atoms with E-state index >= 15 is 0 Å². The van der Waals surface area contributed by atoms with Gasteiger partial charge in [0.15, 0.2) is 5.65 Å². The predicted octanol–water partition coefficient (Wildman–Crippen LogP) is 5.74. The maximum atomic E-state index is 6.41. The summed E-state index contributed by atoms with van der Waals surface area (Å²) in [5.74, 6) is 1.67. The second kappa shape index (κ2) is 7.16. The van der Waals surface area contributed by atoms with Crippen LogP contribution in [0.5, 0.6) is 5.75 Å². The van der Waals surface area contributed by atoms with Gasteiger partial charge in [0.2, 0.25) is 0 Å². The smallest absolute Gasteiger partial charge is 0.178 e. The molecule has 0 aliphatic heterocycles. The molecule has 0 fully saturated rings. The van der Waals surface area contributed by atoms with Gasteiger partial charge in [-0.05, 0) is 47.9 Å². The third kappa shape index (κ3) is 3.15. The van der Waals surface area contributed by atoms with Crippen molar-refractivity contribution in [3.8, 4) is 17.1 Å². The molecule has 0 saturated carbocycles. The summed E-state index contributed by atoms with van der Waals surface area (Å²) in [6.07, 6.45) is 5.11. The van der Waals surface area contributed by atoms with Gasteiger partial charge in [-0.3, -0.25) is 0 Å². The highest BCUT2D eigenvalue weighted by molar-refractivity contribution is 5.90. The van der Waals surface area contributed by atoms with Gasteiger partial charge in [0.1, 0.15) is 11.6 Å². The number of hydrogen-bond acceptors (Lipinski definition) is 3. The van der Waals surface area contributed by atoms with Crippen molar-refractivity contribution < 1.29 is 4.74 Å². The van der Waals surface area contributed by atoms with Crippen LogP contribution in [-0.4, -0.2) is 21.1 Å². The summed E-state index contributed by atoms with van der Waals surface area (Å²) in [6, 6.07) is 16.5. The number of ether oxygens (including phenoxy) is 1. The monoisotopic (exact) mass is 345 g/mol. The first kappa shape index (κ1) is 16.6. The fourth-order valence-corrected chi connectivity index (χ4v) is 3.32. The number of imidazole rings is 1. The van der Waals surface area contributed by atoms with Crippen molar-refractivity contribution in [1.82, 2.24) is 15.0 Å². The SMILES string of the molecule is CCCC(CC)Oc1cc2ccccc2cc1-c1nc2ncccc2[nH]1. The van der Waals surface area contributed by atoms with E-state index in [4.69, 9.17) is 4.74 Å². The Balaban J connectivity index is 1.86. The highest BCUT2D eigenvalue weighted by Gasteiger charge is 2.16. The topological polar surface area (TPSA) is 50.8 Å². The molecule has 2 heterocycles. The summed E-state index contributed by atoms with van der Waals surface area (Å²) in [4.78, 5) is 12.4. The van der Waals surface area contributed by atoms with E-state index in [2.05, 4.69) is 65.2 Å². The highest BCUT2D eigenvalue weighted by Crippen LogP contribution is 2.35. The zero-order chi connectivity index (χ0) is 17.9. The van der Waals surface area contributed by atoms with Gasteiger partial charge in [0.25, 0.3) is 0 Å². The number of nitrogens with one attached hydrogen (secondary N) is 1. The second-order valence-corrected chi connectivity index (χ2v) is 6.59. The maximum Gasteiger partial charge on any atom is 0.178 e. The van der Waals surface area contributed by atoms with Crippen LogP contribution in [0.4, 0.5) is 0 Å². The zero-order valence-corrected chi connectivity index (χ0v) is 15.2. The van der Waals surface area contributed by atoms with Crippen LogP contribution in [0.15, 0.2) is 54.7 Å². The normalized spacial score (nSPS) is 12.5. The molecule has 4 nitrogen and oxygen atoms in total. The number of fused-ring (bicyclic) bond motifs is 2. The lowest BCUT2D eigenvalue weighted by molar-refractivity contribution is 0.187. The Hall–Kier alpha value is -2.88. The summed E-state index contributed by atoms with van der Waals surface area (Å²) in [7, 11) is 0. The minimum absolute atomic E-state index is 0.211. The predicted molar refractivity (Wildman–Crippen MR) is 106 cm³/mol. The molecule has 1 atom stereocenters. The maximum absolute atomic E-state index is 6.41. The molecule has 1 unspecified atom stereocenters. The Morgan fingerprint density at radius 1 is 1.04 bits per heavy atom. The van der Waals surface area contributed by atoms with Gasteiger partial charge in [0.05, 0.1) is 17.2 Å². The van der Waals surface area contributed by atoms with E-state index in [1.165, 1.54) is 10.8 Å². The van der Waals surface area contributed by atoms with E-state index in [1.807, 2.05) is 12.1 Å². The molecule has 0 aliphatic carbocycles. The molecule has 0 bridgehead atoms. The number of benzene rings is 2. The second-order valence-electron chi connectivity index (χ2n) is 6.59. The Morgan fingerprint density at radius 2 is 1.85 bits per heavy atom. The first-order valence-corrected chi connectivity index (χ1v) is 9.29. The molecule has 4 aromatic rings. The van der Waals surface area contributed by atoms with Gasteiger partial charge in [-0.15, -0.1) is 0 Å². The van der Waals surface area contributed by atoms with Crippen LogP contribution in [0.3, 0.4) is 0 Å². The molecule has 4 rings (SSSR count). The molecule has 0 aliphatic rings. The number of aromatic amines is 1. The van der Waals surface area contributed by atoms with Crippen LogP contribution in [0.1, 0.15) is 33.1 Å². The molecule has 0 spiro atoms. The van der Waals surface area contributed by atoms with Crippen molar-refractivity contribution in [2.45, 2.75) is 39.2 Å². The molecule has 2 aromatic carbocycles. The molecule has 4 heteroatoms. The Morgan fingerprint density at radius 3 is 2.58 bits per heavy atom. The van der Waals surface area contributed by atoms with E-state index in [0.29, 0.717) is 0 Å². The lowest BCUT2D eigenvalue weighted by Crippen LogP contribution is -2.15. The van der Waals surface area contributed by atoms with Gasteiger partial charge >= 0.3 is 0 Å². The summed E-state index contributed by atoms with van der Waals surface area (Å²) >= 11 is 0. The van der Waals surface area contributed by atoms with Crippen LogP contribution in [0.2, 0.25) is 0 Å². The molecular weight excluding hydrogens is 322 g/mol. The highest BCUT2D eigenvalue weighted by atomic mass is 16.5. The van der Waals surface area contributed by atoms with E-state index in [9.17, 15) is 0 Å². The van der Waals surface area contributed by atoms with E-state index in [-0.39, 0.29) is 6.10 Å². The van der Waals surface area contributed by atoms with Crippen LogP contribution < -0.4 is 4.74 Å². The average Bonchev–Trinajstić information content (AvgIpc) is 3.11. The largest absolute Gasteiger partial charge is 0.490 e. The molecule has 1 N–H and O–H groups in total. The lowest BCUT2D eigenvalue weighted by atomic mass is 10.0. The number of hydrogen-bond donors (Lipinski definition) is 1. The Kier molecular flexibility index (Phi) is 4.57. The van der Waals surface area contributed by atoms with Gasteiger partial charge < -0.3 is 9.72 Å². The molecular formula is C22H23N3O. The van der Waals surface area contributed by atoms with Crippen molar-refractivity contribution in [1.29, 1.82) is 0 Å². The van der Waals surface area contributed by atoms with Crippen molar-refractivity contribution in [3.05, 3.63) is 54.7 Å². The van der Waals surface area contributed by atoms with Gasteiger partial charge in [-0.1, -0.05) is 44.5 Å². The minimum Gasteiger partial charge on any atom is -0.490 e. The molecule has 132 valence electrons. The number of nitrogens with zero attached hydrogens (tertiary/aromatic N) is 2. The van der Waals surface area contributed by atoms with E-state index < -0.39 is 0 Å². The number of aromatic nitrogens is 3. The Labute approximate surface area is 153 Å². The summed E-state index contributed by atoms with van der Waals surface area (Å²) in [5.41, 5.74) is 2.64. The summed E-state index contributed by atoms with van der Waals surface area (Å²) < 4.78 is 6.41. The lowest BCUT2D eigenvalue weighted by Gasteiger charge is -2.19. The third-order valence-corrected chi connectivity index (χ3v) is 4.72. The average molecular weight is 345 g/mol. The molecule has 0 radical (unpaired) electrons. The van der Waals surface area contributed by atoms with Crippen LogP contribution in [0.25, 0.3) is 33.3 Å². The van der Waals surface area contributed by atoms with Crippen molar-refractivity contribution in [2.24, 2.45) is 0 Å². The van der Waals surface area contributed by atoms with Crippen molar-refractivity contribution >= 4 is 21.9 Å². The number of H-pyrrole nitrogens is 1. The van der Waals surface area contributed by atoms with Crippen molar-refractivity contribution in [3.63, 3.8) is 0 Å². The molecule has 0 amide bonds. The van der Waals surface area contributed by atoms with E-state index in [0.717, 1.165) is 47.6 Å². The molecule has 2 aromatic heterocycles. The van der Waals surface area contributed by atoms with E-state index in [1.54, 1.807) is 6.20 Å². The Bertz CT molecular complexity index is 1000. The van der Waals surface area contributed by atoms with Gasteiger partial charge in [0, 0.05) is 6.20 Å². The molecule has 26 heavy (non-hydrogen) atoms. The first-order chi connectivity index (χ1) is 12.8. The zero-order valence-electron chi connectivity index (χ0n) is 15.2. The fourth-order valence-electron chi connectivity index (χ4n) is 3.32. The summed E-state index contributed by atoms with van der Waals surface area (Å²) in [6.45, 7) is 4.37. The quantitative estimate of drug-likeness (QED) is 0.485.